The Morgan fingerprint density at radius 1 is 1.48 bits per heavy atom. The molecule has 1 atom stereocenters. The van der Waals surface area contributed by atoms with Crippen LogP contribution in [0.3, 0.4) is 0 Å². The summed E-state index contributed by atoms with van der Waals surface area (Å²) >= 11 is 0. The van der Waals surface area contributed by atoms with Gasteiger partial charge >= 0.3 is 0 Å². The number of hydrogen-bond acceptors (Lipinski definition) is 5. The number of aliphatic hydroxyl groups excluding tert-OH is 1. The van der Waals surface area contributed by atoms with Crippen molar-refractivity contribution >= 4 is 22.3 Å². The Morgan fingerprint density at radius 2 is 2.28 bits per heavy atom. The molecule has 0 aliphatic carbocycles. The van der Waals surface area contributed by atoms with Crippen molar-refractivity contribution in [2.24, 2.45) is 5.92 Å². The molecule has 0 saturated carbocycles. The summed E-state index contributed by atoms with van der Waals surface area (Å²) in [6.07, 6.45) is 2.61. The molecule has 25 heavy (non-hydrogen) atoms. The molecule has 5 nitrogen and oxygen atoms in total. The maximum absolute atomic E-state index is 13.8. The van der Waals surface area contributed by atoms with E-state index in [1.165, 1.54) is 12.1 Å². The molecule has 0 radical (unpaired) electrons. The van der Waals surface area contributed by atoms with Crippen LogP contribution in [-0.4, -0.2) is 41.8 Å². The first-order valence-electron chi connectivity index (χ1n) is 8.45. The number of rotatable bonds is 5. The zero-order valence-electron chi connectivity index (χ0n) is 14.6. The molecule has 0 unspecified atom stereocenters. The van der Waals surface area contributed by atoms with Crippen molar-refractivity contribution in [1.29, 1.82) is 0 Å². The van der Waals surface area contributed by atoms with E-state index in [1.54, 1.807) is 19.1 Å². The van der Waals surface area contributed by atoms with Crippen LogP contribution in [0.5, 0.6) is 0 Å². The van der Waals surface area contributed by atoms with E-state index in [2.05, 4.69) is 26.8 Å². The van der Waals surface area contributed by atoms with Gasteiger partial charge in [-0.2, -0.15) is 0 Å². The molecule has 2 aromatic rings. The highest BCUT2D eigenvalue weighted by Crippen LogP contribution is 2.31. The second-order valence-electron chi connectivity index (χ2n) is 6.34. The first-order valence-corrected chi connectivity index (χ1v) is 8.45. The number of halogens is 1. The molecule has 2 heterocycles. The van der Waals surface area contributed by atoms with E-state index in [0.717, 1.165) is 26.1 Å². The van der Waals surface area contributed by atoms with Crippen LogP contribution >= 0.6 is 0 Å². The summed E-state index contributed by atoms with van der Waals surface area (Å²) in [5.41, 5.74) is 1.00. The third-order valence-corrected chi connectivity index (χ3v) is 4.57. The third kappa shape index (κ3) is 3.49. The highest BCUT2D eigenvalue weighted by Gasteiger charge is 2.25. The third-order valence-electron chi connectivity index (χ3n) is 4.57. The molecule has 6 heteroatoms. The first kappa shape index (κ1) is 17.4. The number of hydrogen-bond donors (Lipinski definition) is 2. The van der Waals surface area contributed by atoms with E-state index in [1.807, 2.05) is 7.05 Å². The van der Waals surface area contributed by atoms with Crippen LogP contribution in [0.25, 0.3) is 16.5 Å². The average Bonchev–Trinajstić information content (AvgIpc) is 3.08. The topological polar surface area (TPSA) is 61.3 Å². The number of aromatic nitrogens is 2. The van der Waals surface area contributed by atoms with Gasteiger partial charge in [-0.3, -0.25) is 0 Å². The van der Waals surface area contributed by atoms with Gasteiger partial charge in [-0.05, 0) is 57.1 Å². The zero-order valence-corrected chi connectivity index (χ0v) is 14.6. The molecule has 1 saturated heterocycles. The monoisotopic (exact) mass is 342 g/mol. The fraction of sp³-hybridized carbons (Fsp3) is 0.368. The largest absolute Gasteiger partial charge is 0.508 e. The fourth-order valence-corrected chi connectivity index (χ4v) is 3.23. The van der Waals surface area contributed by atoms with Gasteiger partial charge in [0.1, 0.15) is 17.4 Å². The highest BCUT2D eigenvalue weighted by atomic mass is 19.1. The van der Waals surface area contributed by atoms with E-state index in [-0.39, 0.29) is 11.6 Å². The van der Waals surface area contributed by atoms with E-state index in [4.69, 9.17) is 0 Å². The molecular formula is C19H23FN4O. The number of nitrogens with one attached hydrogen (secondary N) is 1. The molecule has 0 spiro atoms. The molecule has 0 amide bonds. The maximum atomic E-state index is 13.8. The van der Waals surface area contributed by atoms with Crippen molar-refractivity contribution in [3.63, 3.8) is 0 Å². The van der Waals surface area contributed by atoms with Crippen LogP contribution in [0.4, 0.5) is 10.2 Å². The summed E-state index contributed by atoms with van der Waals surface area (Å²) in [5.74, 6) is 1.32. The van der Waals surface area contributed by atoms with Crippen LogP contribution in [0.1, 0.15) is 19.2 Å². The quantitative estimate of drug-likeness (QED) is 0.645. The molecule has 1 aliphatic rings. The van der Waals surface area contributed by atoms with Gasteiger partial charge in [-0.15, -0.1) is 0 Å². The summed E-state index contributed by atoms with van der Waals surface area (Å²) in [7, 11) is 1.94. The molecule has 1 aromatic carbocycles. The van der Waals surface area contributed by atoms with Gasteiger partial charge in [0.25, 0.3) is 0 Å². The molecule has 3 rings (SSSR count). The van der Waals surface area contributed by atoms with Crippen LogP contribution in [0, 0.1) is 11.7 Å². The lowest BCUT2D eigenvalue weighted by atomic mass is 10.1. The van der Waals surface area contributed by atoms with Gasteiger partial charge in [0.2, 0.25) is 0 Å². The average molecular weight is 342 g/mol. The Balaban J connectivity index is 2.08. The lowest BCUT2D eigenvalue weighted by Crippen LogP contribution is -2.25. The minimum Gasteiger partial charge on any atom is -0.508 e. The summed E-state index contributed by atoms with van der Waals surface area (Å²) in [5, 5.41) is 13.9. The standard InChI is InChI=1S/C19H23FN4O/c1-4-17(25)12(2)18-22-16-6-5-14(20)9-15(16)19(23-18)24-8-7-13(11-24)10-21-3/h4-6,9,13,21,25H,2,7-8,10-11H2,1,3H3/b17-4+/t13-/m0/s1. The van der Waals surface area contributed by atoms with E-state index >= 15 is 0 Å². The predicted octanol–water partition coefficient (Wildman–Crippen LogP) is 3.29. The summed E-state index contributed by atoms with van der Waals surface area (Å²) < 4.78 is 13.8. The van der Waals surface area contributed by atoms with Gasteiger partial charge in [-0.1, -0.05) is 6.58 Å². The molecule has 132 valence electrons. The van der Waals surface area contributed by atoms with Crippen molar-refractivity contribution < 1.29 is 9.50 Å². The van der Waals surface area contributed by atoms with Crippen molar-refractivity contribution in [3.8, 4) is 0 Å². The fourth-order valence-electron chi connectivity index (χ4n) is 3.23. The van der Waals surface area contributed by atoms with Crippen molar-refractivity contribution in [2.45, 2.75) is 13.3 Å². The Labute approximate surface area is 146 Å². The predicted molar refractivity (Wildman–Crippen MR) is 99.2 cm³/mol. The number of anilines is 1. The summed E-state index contributed by atoms with van der Waals surface area (Å²) in [6, 6.07) is 4.49. The van der Waals surface area contributed by atoms with Crippen LogP contribution < -0.4 is 10.2 Å². The first-order chi connectivity index (χ1) is 12.0. The minimum atomic E-state index is -0.314. The Bertz CT molecular complexity index is 834. The van der Waals surface area contributed by atoms with Gasteiger partial charge in [0.15, 0.2) is 5.82 Å². The van der Waals surface area contributed by atoms with Crippen LogP contribution in [-0.2, 0) is 0 Å². The highest BCUT2D eigenvalue weighted by molar-refractivity contribution is 5.91. The second-order valence-corrected chi connectivity index (χ2v) is 6.34. The lowest BCUT2D eigenvalue weighted by Gasteiger charge is -2.20. The van der Waals surface area contributed by atoms with Gasteiger partial charge in [-0.25, -0.2) is 14.4 Å². The Hall–Kier alpha value is -2.47. The van der Waals surface area contributed by atoms with E-state index in [0.29, 0.717) is 34.0 Å². The Kier molecular flexibility index (Phi) is 4.99. The number of allylic oxidation sites excluding steroid dienone is 2. The van der Waals surface area contributed by atoms with Crippen molar-refractivity contribution in [1.82, 2.24) is 15.3 Å². The number of benzene rings is 1. The molecule has 1 aromatic heterocycles. The van der Waals surface area contributed by atoms with Gasteiger partial charge in [0, 0.05) is 18.5 Å². The number of nitrogens with zero attached hydrogens (tertiary/aromatic N) is 3. The van der Waals surface area contributed by atoms with Crippen molar-refractivity contribution in [2.75, 3.05) is 31.6 Å². The SMILES string of the molecule is C=C(/C(O)=C\C)c1nc(N2CC[C@@H](CNC)C2)c2cc(F)ccc2n1. The maximum Gasteiger partial charge on any atom is 0.165 e. The summed E-state index contributed by atoms with van der Waals surface area (Å²) in [6.45, 7) is 8.26. The van der Waals surface area contributed by atoms with Gasteiger partial charge in [0.05, 0.1) is 11.1 Å². The minimum absolute atomic E-state index is 0.0434. The Morgan fingerprint density at radius 3 is 3.00 bits per heavy atom. The van der Waals surface area contributed by atoms with E-state index in [9.17, 15) is 9.50 Å². The smallest absolute Gasteiger partial charge is 0.165 e. The van der Waals surface area contributed by atoms with Crippen LogP contribution in [0.2, 0.25) is 0 Å². The number of aliphatic hydroxyl groups is 1. The molecule has 2 N–H and O–H groups in total. The van der Waals surface area contributed by atoms with Crippen LogP contribution in [0.15, 0.2) is 36.6 Å². The van der Waals surface area contributed by atoms with E-state index < -0.39 is 0 Å². The molecule has 1 fully saturated rings. The summed E-state index contributed by atoms with van der Waals surface area (Å²) in [4.78, 5) is 11.2. The van der Waals surface area contributed by atoms with Gasteiger partial charge < -0.3 is 15.3 Å². The lowest BCUT2D eigenvalue weighted by molar-refractivity contribution is 0.436. The molecule has 1 aliphatic heterocycles. The second kappa shape index (κ2) is 7.19. The molecular weight excluding hydrogens is 319 g/mol. The number of fused-ring (bicyclic) bond motifs is 1. The normalized spacial score (nSPS) is 18.1. The molecule has 0 bridgehead atoms. The zero-order chi connectivity index (χ0) is 18.0. The van der Waals surface area contributed by atoms with Crippen molar-refractivity contribution in [3.05, 3.63) is 48.3 Å².